The van der Waals surface area contributed by atoms with Crippen LogP contribution in [0, 0.1) is 5.92 Å². The molecule has 1 saturated carbocycles. The van der Waals surface area contributed by atoms with Crippen LogP contribution in [0.4, 0.5) is 0 Å². The Kier molecular flexibility index (Phi) is 5.98. The van der Waals surface area contributed by atoms with E-state index in [0.29, 0.717) is 18.9 Å². The van der Waals surface area contributed by atoms with Crippen LogP contribution in [0.3, 0.4) is 0 Å². The number of fused-ring (bicyclic) bond motifs is 3. The number of amides is 1. The van der Waals surface area contributed by atoms with Crippen molar-refractivity contribution in [3.8, 4) is 0 Å². The van der Waals surface area contributed by atoms with Gasteiger partial charge in [0.25, 0.3) is 0 Å². The van der Waals surface area contributed by atoms with E-state index in [2.05, 4.69) is 42.3 Å². The van der Waals surface area contributed by atoms with E-state index in [1.165, 1.54) is 22.0 Å². The van der Waals surface area contributed by atoms with Crippen LogP contribution in [0.2, 0.25) is 0 Å². The zero-order valence-corrected chi connectivity index (χ0v) is 17.7. The molecule has 0 radical (unpaired) electrons. The molecule has 1 aromatic carbocycles. The van der Waals surface area contributed by atoms with Crippen molar-refractivity contribution in [3.63, 3.8) is 0 Å². The fraction of sp³-hybridized carbons (Fsp3) is 0.625. The summed E-state index contributed by atoms with van der Waals surface area (Å²) in [5, 5.41) is 13.8. The maximum Gasteiger partial charge on any atom is 0.223 e. The summed E-state index contributed by atoms with van der Waals surface area (Å²) in [6.45, 7) is 5.20. The minimum absolute atomic E-state index is 0.0709. The fourth-order valence-corrected chi connectivity index (χ4v) is 5.27. The summed E-state index contributed by atoms with van der Waals surface area (Å²) in [5.41, 5.74) is 4.35. The number of hydrogen-bond donors (Lipinski definition) is 3. The highest BCUT2D eigenvalue weighted by atomic mass is 16.5. The van der Waals surface area contributed by atoms with Gasteiger partial charge in [0.2, 0.25) is 5.91 Å². The Morgan fingerprint density at radius 2 is 2.07 bits per heavy atom. The summed E-state index contributed by atoms with van der Waals surface area (Å²) in [6.07, 6.45) is 6.86. The number of para-hydroxylation sites is 1. The van der Waals surface area contributed by atoms with Gasteiger partial charge in [-0.05, 0) is 62.0 Å². The number of H-pyrrole nitrogens is 1. The van der Waals surface area contributed by atoms with Gasteiger partial charge >= 0.3 is 0 Å². The van der Waals surface area contributed by atoms with E-state index in [1.54, 1.807) is 0 Å². The molecule has 0 saturated heterocycles. The molecule has 3 N–H and O–H groups in total. The van der Waals surface area contributed by atoms with Crippen molar-refractivity contribution < 1.29 is 14.6 Å². The lowest BCUT2D eigenvalue weighted by Gasteiger charge is -2.37. The molecule has 0 bridgehead atoms. The zero-order chi connectivity index (χ0) is 20.4. The minimum atomic E-state index is -0.579. The quantitative estimate of drug-likeness (QED) is 0.689. The van der Waals surface area contributed by atoms with Crippen molar-refractivity contribution in [2.75, 3.05) is 13.2 Å². The SMILES string of the molecule is CCc1cccc2c3c([nH]c12)C(CC)(CC(=O)NC1CCC(CO)CC1)OCC3. The van der Waals surface area contributed by atoms with Gasteiger partial charge < -0.3 is 20.1 Å². The predicted molar refractivity (Wildman–Crippen MR) is 115 cm³/mol. The number of nitrogens with one attached hydrogen (secondary N) is 2. The molecule has 158 valence electrons. The molecule has 5 nitrogen and oxygen atoms in total. The molecule has 1 atom stereocenters. The van der Waals surface area contributed by atoms with E-state index in [-0.39, 0.29) is 18.6 Å². The molecule has 0 spiro atoms. The average Bonchev–Trinajstić information content (AvgIpc) is 3.14. The number of carbonyl (C=O) groups excluding carboxylic acids is 1. The van der Waals surface area contributed by atoms with Gasteiger partial charge in [0, 0.05) is 23.6 Å². The van der Waals surface area contributed by atoms with E-state index in [4.69, 9.17) is 4.74 Å². The molecule has 29 heavy (non-hydrogen) atoms. The Balaban J connectivity index is 1.56. The van der Waals surface area contributed by atoms with Gasteiger partial charge in [0.05, 0.1) is 18.7 Å². The second-order valence-corrected chi connectivity index (χ2v) is 8.76. The lowest BCUT2D eigenvalue weighted by atomic mass is 9.84. The Labute approximate surface area is 173 Å². The van der Waals surface area contributed by atoms with Gasteiger partial charge in [-0.25, -0.2) is 0 Å². The van der Waals surface area contributed by atoms with E-state index in [9.17, 15) is 9.90 Å². The second-order valence-electron chi connectivity index (χ2n) is 8.76. The summed E-state index contributed by atoms with van der Waals surface area (Å²) >= 11 is 0. The molecule has 1 aliphatic heterocycles. The summed E-state index contributed by atoms with van der Waals surface area (Å²) in [5.74, 6) is 0.468. The lowest BCUT2D eigenvalue weighted by Crippen LogP contribution is -2.44. The Bertz CT molecular complexity index is 866. The van der Waals surface area contributed by atoms with Gasteiger partial charge in [-0.1, -0.05) is 32.0 Å². The monoisotopic (exact) mass is 398 g/mol. The summed E-state index contributed by atoms with van der Waals surface area (Å²) < 4.78 is 6.31. The number of rotatable bonds is 6. The number of benzene rings is 1. The van der Waals surface area contributed by atoms with Crippen LogP contribution in [0.15, 0.2) is 18.2 Å². The van der Waals surface area contributed by atoms with Crippen LogP contribution >= 0.6 is 0 Å². The lowest BCUT2D eigenvalue weighted by molar-refractivity contribution is -0.133. The highest BCUT2D eigenvalue weighted by Gasteiger charge is 2.41. The standard InChI is InChI=1S/C24H34N2O3/c1-3-17-6-5-7-19-20-12-13-29-24(4-2,23(20)26-22(17)19)14-21(28)25-18-10-8-16(15-27)9-11-18/h5-7,16,18,26-27H,3-4,8-15H2,1-2H3,(H,25,28). The molecule has 2 heterocycles. The molecule has 5 heteroatoms. The number of aromatic amines is 1. The van der Waals surface area contributed by atoms with Gasteiger partial charge in [0.15, 0.2) is 0 Å². The third kappa shape index (κ3) is 3.82. The van der Waals surface area contributed by atoms with Crippen LogP contribution in [0.1, 0.15) is 69.2 Å². The van der Waals surface area contributed by atoms with Crippen molar-refractivity contribution in [2.45, 2.75) is 76.9 Å². The molecule has 1 aromatic heterocycles. The Morgan fingerprint density at radius 3 is 2.76 bits per heavy atom. The smallest absolute Gasteiger partial charge is 0.223 e. The van der Waals surface area contributed by atoms with Crippen LogP contribution < -0.4 is 5.32 Å². The van der Waals surface area contributed by atoms with Crippen LogP contribution in [-0.2, 0) is 28.0 Å². The highest BCUT2D eigenvalue weighted by molar-refractivity contribution is 5.88. The summed E-state index contributed by atoms with van der Waals surface area (Å²) in [6, 6.07) is 6.72. The van der Waals surface area contributed by atoms with Crippen molar-refractivity contribution in [1.29, 1.82) is 0 Å². The van der Waals surface area contributed by atoms with Crippen LogP contribution in [-0.4, -0.2) is 35.3 Å². The van der Waals surface area contributed by atoms with Crippen LogP contribution in [0.25, 0.3) is 10.9 Å². The van der Waals surface area contributed by atoms with Crippen LogP contribution in [0.5, 0.6) is 0 Å². The van der Waals surface area contributed by atoms with E-state index in [1.807, 2.05) is 0 Å². The molecule has 1 unspecified atom stereocenters. The number of hydrogen-bond acceptors (Lipinski definition) is 3. The zero-order valence-electron chi connectivity index (χ0n) is 17.7. The number of aliphatic hydroxyl groups is 1. The third-order valence-electron chi connectivity index (χ3n) is 7.08. The number of aliphatic hydroxyl groups excluding tert-OH is 1. The maximum absolute atomic E-state index is 13.0. The van der Waals surface area contributed by atoms with Crippen molar-refractivity contribution >= 4 is 16.8 Å². The first-order valence-electron chi connectivity index (χ1n) is 11.3. The Hall–Kier alpha value is -1.85. The molecule has 1 fully saturated rings. The van der Waals surface area contributed by atoms with Crippen molar-refractivity contribution in [3.05, 3.63) is 35.0 Å². The second kappa shape index (κ2) is 8.49. The normalized spacial score (nSPS) is 27.0. The number of ether oxygens (including phenoxy) is 1. The molecule has 4 rings (SSSR count). The first kappa shape index (κ1) is 20.4. The highest BCUT2D eigenvalue weighted by Crippen LogP contribution is 2.42. The molecule has 1 amide bonds. The summed E-state index contributed by atoms with van der Waals surface area (Å²) in [4.78, 5) is 16.7. The first-order valence-corrected chi connectivity index (χ1v) is 11.3. The average molecular weight is 399 g/mol. The van der Waals surface area contributed by atoms with Crippen molar-refractivity contribution in [1.82, 2.24) is 10.3 Å². The first-order chi connectivity index (χ1) is 14.1. The van der Waals surface area contributed by atoms with Crippen molar-refractivity contribution in [2.24, 2.45) is 5.92 Å². The van der Waals surface area contributed by atoms with E-state index < -0.39 is 5.60 Å². The van der Waals surface area contributed by atoms with Gasteiger partial charge in [-0.15, -0.1) is 0 Å². The molecular weight excluding hydrogens is 364 g/mol. The Morgan fingerprint density at radius 1 is 1.28 bits per heavy atom. The molecule has 2 aromatic rings. The maximum atomic E-state index is 13.0. The predicted octanol–water partition coefficient (Wildman–Crippen LogP) is 3.97. The number of aromatic nitrogens is 1. The topological polar surface area (TPSA) is 74.4 Å². The summed E-state index contributed by atoms with van der Waals surface area (Å²) in [7, 11) is 0. The van der Waals surface area contributed by atoms with E-state index in [0.717, 1.165) is 50.6 Å². The van der Waals surface area contributed by atoms with E-state index >= 15 is 0 Å². The molecule has 1 aliphatic carbocycles. The number of aryl methyl sites for hydroxylation is 1. The number of carbonyl (C=O) groups is 1. The molecular formula is C24H34N2O3. The van der Waals surface area contributed by atoms with Gasteiger partial charge in [-0.2, -0.15) is 0 Å². The fourth-order valence-electron chi connectivity index (χ4n) is 5.27. The van der Waals surface area contributed by atoms with Gasteiger partial charge in [0.1, 0.15) is 5.60 Å². The minimum Gasteiger partial charge on any atom is -0.396 e. The molecule has 2 aliphatic rings. The third-order valence-corrected chi connectivity index (χ3v) is 7.08. The largest absolute Gasteiger partial charge is 0.396 e. The van der Waals surface area contributed by atoms with Gasteiger partial charge in [-0.3, -0.25) is 4.79 Å².